The van der Waals surface area contributed by atoms with E-state index in [1.54, 1.807) is 10.9 Å². The highest BCUT2D eigenvalue weighted by Crippen LogP contribution is 2.08. The minimum Gasteiger partial charge on any atom is -0.305 e. The zero-order valence-corrected chi connectivity index (χ0v) is 7.68. The average molecular weight is 193 g/mol. The highest BCUT2D eigenvalue weighted by atomic mass is 16.2. The van der Waals surface area contributed by atoms with E-state index in [4.69, 9.17) is 0 Å². The first-order valence-electron chi connectivity index (χ1n) is 4.69. The highest BCUT2D eigenvalue weighted by molar-refractivity contribution is 5.32. The summed E-state index contributed by atoms with van der Waals surface area (Å²) >= 11 is 0. The predicted molar refractivity (Wildman–Crippen MR) is 51.6 cm³/mol. The van der Waals surface area contributed by atoms with Crippen molar-refractivity contribution in [3.63, 3.8) is 0 Å². The van der Waals surface area contributed by atoms with Crippen molar-refractivity contribution < 1.29 is 0 Å². The minimum absolute atomic E-state index is 0.214. The van der Waals surface area contributed by atoms with Gasteiger partial charge < -0.3 is 10.4 Å². The van der Waals surface area contributed by atoms with Gasteiger partial charge in [0.05, 0.1) is 13.1 Å². The number of nitrogens with zero attached hydrogens (tertiary/aromatic N) is 4. The van der Waals surface area contributed by atoms with Crippen molar-refractivity contribution in [3.05, 3.63) is 22.7 Å². The molecule has 2 saturated heterocycles. The molecule has 2 aliphatic heterocycles. The van der Waals surface area contributed by atoms with E-state index in [9.17, 15) is 4.79 Å². The van der Waals surface area contributed by atoms with Crippen LogP contribution in [0.15, 0.2) is 17.1 Å². The van der Waals surface area contributed by atoms with Gasteiger partial charge in [0.15, 0.2) is 0 Å². The van der Waals surface area contributed by atoms with Crippen molar-refractivity contribution in [1.82, 2.24) is 14.7 Å². The van der Waals surface area contributed by atoms with Crippen LogP contribution in [0.4, 0.5) is 5.82 Å². The summed E-state index contributed by atoms with van der Waals surface area (Å²) in [6, 6.07) is 1.82. The van der Waals surface area contributed by atoms with Gasteiger partial charge in [0, 0.05) is 25.4 Å². The molecule has 0 aromatic carbocycles. The van der Waals surface area contributed by atoms with E-state index >= 15 is 0 Å². The Labute approximate surface area is 80.7 Å². The fourth-order valence-corrected chi connectivity index (χ4v) is 1.26. The molecule has 2 aliphatic rings. The highest BCUT2D eigenvalue weighted by Gasteiger charge is 2.21. The molecule has 0 spiro atoms. The smallest absolute Gasteiger partial charge is 0.305 e. The number of anilines is 1. The lowest BCUT2D eigenvalue weighted by Crippen LogP contribution is -2.30. The van der Waals surface area contributed by atoms with Crippen molar-refractivity contribution in [2.45, 2.75) is 0 Å². The Kier molecular flexibility index (Phi) is 1.51. The van der Waals surface area contributed by atoms with Crippen LogP contribution in [-0.4, -0.2) is 40.8 Å². The van der Waals surface area contributed by atoms with Crippen molar-refractivity contribution in [3.8, 4) is 0 Å². The lowest BCUT2D eigenvalue weighted by molar-refractivity contribution is 0.665. The van der Waals surface area contributed by atoms with Crippen molar-refractivity contribution in [2.75, 3.05) is 36.6 Å². The quantitative estimate of drug-likeness (QED) is 0.613. The molecule has 1 aromatic rings. The molecule has 0 bridgehead atoms. The number of aromatic nitrogens is 2. The molecule has 74 valence electrons. The number of hydrogen-bond acceptors (Lipinski definition) is 5. The summed E-state index contributed by atoms with van der Waals surface area (Å²) in [5, 5.41) is 3.92. The lowest BCUT2D eigenvalue weighted by atomic mass is 10.6. The summed E-state index contributed by atoms with van der Waals surface area (Å²) in [6.45, 7) is 3.94. The molecule has 3 heterocycles. The second-order valence-corrected chi connectivity index (χ2v) is 3.49. The molecule has 1 N–H and O–H groups in total. The van der Waals surface area contributed by atoms with Crippen LogP contribution < -0.4 is 16.1 Å². The maximum Gasteiger partial charge on any atom is 0.368 e. The summed E-state index contributed by atoms with van der Waals surface area (Å²) in [6.07, 6.45) is 1.76. The Morgan fingerprint density at radius 1 is 1.29 bits per heavy atom. The molecule has 2 fully saturated rings. The summed E-state index contributed by atoms with van der Waals surface area (Å²) < 4.78 is 1.55. The molecule has 3 rings (SSSR count). The van der Waals surface area contributed by atoms with Crippen LogP contribution in [0.2, 0.25) is 0 Å². The van der Waals surface area contributed by atoms with Crippen LogP contribution in [0.3, 0.4) is 0 Å². The number of hydrogen-bond donors (Lipinski definition) is 1. The van der Waals surface area contributed by atoms with Crippen molar-refractivity contribution in [2.24, 2.45) is 0 Å². The van der Waals surface area contributed by atoms with Crippen LogP contribution in [0.25, 0.3) is 0 Å². The van der Waals surface area contributed by atoms with Crippen LogP contribution in [0.1, 0.15) is 0 Å². The predicted octanol–water partition coefficient (Wildman–Crippen LogP) is -1.16. The van der Waals surface area contributed by atoms with Crippen LogP contribution in [-0.2, 0) is 0 Å². The molecule has 0 atom stereocenters. The first-order valence-corrected chi connectivity index (χ1v) is 4.69. The standard InChI is InChI=1S/C8H11N5O/c14-8-9-7(10-11-3-4-11)1-2-13(8)12-5-6-12/h1-2H,3-6H2,(H,9,10,14). The van der Waals surface area contributed by atoms with Gasteiger partial charge >= 0.3 is 5.69 Å². The summed E-state index contributed by atoms with van der Waals surface area (Å²) in [4.78, 5) is 15.4. The van der Waals surface area contributed by atoms with Gasteiger partial charge in [-0.3, -0.25) is 0 Å². The van der Waals surface area contributed by atoms with Gasteiger partial charge in [-0.05, 0) is 0 Å². The largest absolute Gasteiger partial charge is 0.368 e. The summed E-state index contributed by atoms with van der Waals surface area (Å²) in [7, 11) is 0. The fraction of sp³-hybridized carbons (Fsp3) is 0.500. The molecule has 0 radical (unpaired) electrons. The van der Waals surface area contributed by atoms with Gasteiger partial charge in [0.2, 0.25) is 0 Å². The topological polar surface area (TPSA) is 52.9 Å². The zero-order valence-electron chi connectivity index (χ0n) is 7.68. The molecule has 0 saturated carbocycles. The second kappa shape index (κ2) is 2.71. The third kappa shape index (κ3) is 1.44. The van der Waals surface area contributed by atoms with Crippen molar-refractivity contribution in [1.29, 1.82) is 0 Å². The third-order valence-electron chi connectivity index (χ3n) is 2.23. The lowest BCUT2D eigenvalue weighted by Gasteiger charge is -2.08. The van der Waals surface area contributed by atoms with E-state index in [2.05, 4.69) is 10.4 Å². The normalized spacial score (nSPS) is 19.6. The van der Waals surface area contributed by atoms with Gasteiger partial charge in [-0.2, -0.15) is 4.98 Å². The van der Waals surface area contributed by atoms with E-state index in [0.29, 0.717) is 5.82 Å². The van der Waals surface area contributed by atoms with Crippen molar-refractivity contribution >= 4 is 5.82 Å². The first-order chi connectivity index (χ1) is 6.83. The molecule has 1 aromatic heterocycles. The maximum absolute atomic E-state index is 11.5. The number of nitrogens with one attached hydrogen (secondary N) is 1. The van der Waals surface area contributed by atoms with E-state index in [1.165, 1.54) is 0 Å². The number of hydrazine groups is 1. The Bertz CT molecular complexity index is 406. The second-order valence-electron chi connectivity index (χ2n) is 3.49. The third-order valence-corrected chi connectivity index (χ3v) is 2.23. The molecule has 0 amide bonds. The van der Waals surface area contributed by atoms with E-state index in [1.807, 2.05) is 16.1 Å². The van der Waals surface area contributed by atoms with Gasteiger partial charge in [-0.1, -0.05) is 0 Å². The molecule has 14 heavy (non-hydrogen) atoms. The Morgan fingerprint density at radius 2 is 2.07 bits per heavy atom. The van der Waals surface area contributed by atoms with Gasteiger partial charge in [0.1, 0.15) is 5.82 Å². The Balaban J connectivity index is 1.85. The maximum atomic E-state index is 11.5. The molecule has 6 heteroatoms. The summed E-state index contributed by atoms with van der Waals surface area (Å²) in [5.41, 5.74) is 2.82. The van der Waals surface area contributed by atoms with Crippen LogP contribution >= 0.6 is 0 Å². The average Bonchev–Trinajstić information content (AvgIpc) is 2.98. The Hall–Kier alpha value is -1.56. The zero-order chi connectivity index (χ0) is 9.54. The van der Waals surface area contributed by atoms with Crippen LogP contribution in [0.5, 0.6) is 0 Å². The Morgan fingerprint density at radius 3 is 2.64 bits per heavy atom. The molecular weight excluding hydrogens is 182 g/mol. The van der Waals surface area contributed by atoms with Gasteiger partial charge in [-0.25, -0.2) is 14.5 Å². The molecular formula is C8H11N5O. The SMILES string of the molecule is O=c1nc(NN2CC2)ccn1N1CC1. The van der Waals surface area contributed by atoms with E-state index in [-0.39, 0.29) is 5.69 Å². The minimum atomic E-state index is -0.214. The molecule has 0 unspecified atom stereocenters. The van der Waals surface area contributed by atoms with Gasteiger partial charge in [-0.15, -0.1) is 0 Å². The number of rotatable bonds is 3. The fourth-order valence-electron chi connectivity index (χ4n) is 1.26. The van der Waals surface area contributed by atoms with Gasteiger partial charge in [0.25, 0.3) is 0 Å². The van der Waals surface area contributed by atoms with E-state index in [0.717, 1.165) is 26.2 Å². The summed E-state index contributed by atoms with van der Waals surface area (Å²) in [5.74, 6) is 0.630. The first kappa shape index (κ1) is 7.81. The molecule has 0 aliphatic carbocycles. The molecule has 6 nitrogen and oxygen atoms in total. The monoisotopic (exact) mass is 193 g/mol. The van der Waals surface area contributed by atoms with E-state index < -0.39 is 0 Å². The van der Waals surface area contributed by atoms with Crippen LogP contribution in [0, 0.1) is 0 Å².